The second-order valence-electron chi connectivity index (χ2n) is 4.54. The van der Waals surface area contributed by atoms with Crippen LogP contribution in [0.2, 0.25) is 0 Å². The minimum atomic E-state index is 0.553. The van der Waals surface area contributed by atoms with E-state index in [-0.39, 0.29) is 0 Å². The second kappa shape index (κ2) is 5.26. The summed E-state index contributed by atoms with van der Waals surface area (Å²) in [6, 6.07) is 9.78. The highest BCUT2D eigenvalue weighted by Crippen LogP contribution is 2.13. The van der Waals surface area contributed by atoms with Gasteiger partial charge in [0, 0.05) is 11.8 Å². The lowest BCUT2D eigenvalue weighted by atomic mass is 10.3. The van der Waals surface area contributed by atoms with Crippen LogP contribution < -0.4 is 11.3 Å². The molecule has 0 unspecified atom stereocenters. The van der Waals surface area contributed by atoms with Crippen LogP contribution >= 0.6 is 0 Å². The largest absolute Gasteiger partial charge is 0.342 e. The Morgan fingerprint density at radius 3 is 2.80 bits per heavy atom. The zero-order chi connectivity index (χ0) is 13.9. The molecule has 0 fully saturated rings. The number of aryl methyl sites for hydroxylation is 1. The molecule has 2 aromatic heterocycles. The zero-order valence-corrected chi connectivity index (χ0v) is 11.2. The number of aromatic nitrogens is 4. The molecule has 6 heteroatoms. The van der Waals surface area contributed by atoms with Gasteiger partial charge < -0.3 is 10.4 Å². The first kappa shape index (κ1) is 12.6. The van der Waals surface area contributed by atoms with E-state index in [2.05, 4.69) is 25.4 Å². The molecule has 0 saturated heterocycles. The van der Waals surface area contributed by atoms with Crippen molar-refractivity contribution in [1.82, 2.24) is 19.9 Å². The van der Waals surface area contributed by atoms with Crippen molar-refractivity contribution in [3.8, 4) is 0 Å². The number of nitrogens with zero attached hydrogens (tertiary/aromatic N) is 3. The predicted octanol–water partition coefficient (Wildman–Crippen LogP) is 1.79. The number of rotatable bonds is 4. The zero-order valence-electron chi connectivity index (χ0n) is 11.2. The Morgan fingerprint density at radius 2 is 2.05 bits per heavy atom. The van der Waals surface area contributed by atoms with Gasteiger partial charge in [-0.05, 0) is 18.6 Å². The molecule has 0 saturated carbocycles. The predicted molar refractivity (Wildman–Crippen MR) is 78.1 cm³/mol. The lowest BCUT2D eigenvalue weighted by molar-refractivity contribution is 0.877. The maximum atomic E-state index is 5.43. The van der Waals surface area contributed by atoms with E-state index in [1.807, 2.05) is 37.3 Å². The van der Waals surface area contributed by atoms with Gasteiger partial charge in [0.05, 0.1) is 17.5 Å². The monoisotopic (exact) mass is 268 g/mol. The summed E-state index contributed by atoms with van der Waals surface area (Å²) in [6.45, 7) is 2.05. The number of nitrogens with one attached hydrogen (secondary N) is 2. The van der Waals surface area contributed by atoms with Crippen molar-refractivity contribution in [2.75, 3.05) is 5.43 Å². The van der Waals surface area contributed by atoms with Gasteiger partial charge in [0.1, 0.15) is 17.5 Å². The molecular weight excluding hydrogens is 252 g/mol. The molecule has 0 aliphatic carbocycles. The topological polar surface area (TPSA) is 92.5 Å². The molecule has 20 heavy (non-hydrogen) atoms. The van der Waals surface area contributed by atoms with Crippen LogP contribution in [0.4, 0.5) is 5.82 Å². The third kappa shape index (κ3) is 2.46. The summed E-state index contributed by atoms with van der Waals surface area (Å²) in [6.07, 6.45) is 1.39. The quantitative estimate of drug-likeness (QED) is 0.495. The van der Waals surface area contributed by atoms with Crippen molar-refractivity contribution in [2.45, 2.75) is 19.8 Å². The van der Waals surface area contributed by atoms with Crippen LogP contribution in [0.25, 0.3) is 11.0 Å². The Hall–Kier alpha value is -2.47. The molecule has 3 aromatic rings. The Balaban J connectivity index is 1.93. The molecule has 0 radical (unpaired) electrons. The maximum absolute atomic E-state index is 5.43. The molecule has 1 aromatic carbocycles. The Bertz CT molecular complexity index is 678. The normalized spacial score (nSPS) is 10.9. The van der Waals surface area contributed by atoms with Crippen LogP contribution in [-0.2, 0) is 12.8 Å². The fraction of sp³-hybridized carbons (Fsp3) is 0.214. The highest BCUT2D eigenvalue weighted by Gasteiger charge is 2.08. The van der Waals surface area contributed by atoms with Gasteiger partial charge in [0.25, 0.3) is 0 Å². The van der Waals surface area contributed by atoms with E-state index < -0.39 is 0 Å². The summed E-state index contributed by atoms with van der Waals surface area (Å²) in [7, 11) is 0. The molecule has 0 atom stereocenters. The van der Waals surface area contributed by atoms with Crippen LogP contribution in [0.15, 0.2) is 30.3 Å². The first-order chi connectivity index (χ1) is 9.78. The number of para-hydroxylation sites is 2. The fourth-order valence-electron chi connectivity index (χ4n) is 2.13. The summed E-state index contributed by atoms with van der Waals surface area (Å²) in [5.41, 5.74) is 5.50. The summed E-state index contributed by atoms with van der Waals surface area (Å²) >= 11 is 0. The summed E-state index contributed by atoms with van der Waals surface area (Å²) in [5, 5.41) is 0. The van der Waals surface area contributed by atoms with Crippen molar-refractivity contribution in [2.24, 2.45) is 5.84 Å². The first-order valence-electron chi connectivity index (χ1n) is 6.55. The maximum Gasteiger partial charge on any atom is 0.143 e. The number of anilines is 1. The van der Waals surface area contributed by atoms with Crippen LogP contribution in [0.1, 0.15) is 24.3 Å². The average Bonchev–Trinajstić information content (AvgIpc) is 2.88. The molecule has 6 nitrogen and oxygen atoms in total. The fourth-order valence-corrected chi connectivity index (χ4v) is 2.13. The van der Waals surface area contributed by atoms with E-state index in [1.54, 1.807) is 0 Å². The molecule has 4 N–H and O–H groups in total. The Kier molecular flexibility index (Phi) is 3.30. The Labute approximate surface area is 116 Å². The molecule has 0 spiro atoms. The van der Waals surface area contributed by atoms with E-state index in [0.29, 0.717) is 18.1 Å². The lowest BCUT2D eigenvalue weighted by Crippen LogP contribution is -2.12. The van der Waals surface area contributed by atoms with Gasteiger partial charge in [-0.1, -0.05) is 19.1 Å². The van der Waals surface area contributed by atoms with Crippen molar-refractivity contribution >= 4 is 16.9 Å². The third-order valence-electron chi connectivity index (χ3n) is 3.10. The molecule has 2 heterocycles. The van der Waals surface area contributed by atoms with Crippen LogP contribution in [0.5, 0.6) is 0 Å². The number of benzene rings is 1. The van der Waals surface area contributed by atoms with Gasteiger partial charge in [-0.3, -0.25) is 0 Å². The molecule has 102 valence electrons. The number of H-pyrrole nitrogens is 1. The van der Waals surface area contributed by atoms with Gasteiger partial charge in [-0.25, -0.2) is 20.8 Å². The van der Waals surface area contributed by atoms with Crippen LogP contribution in [0.3, 0.4) is 0 Å². The highest BCUT2D eigenvalue weighted by atomic mass is 15.3. The van der Waals surface area contributed by atoms with Crippen LogP contribution in [0, 0.1) is 0 Å². The number of aromatic amines is 1. The molecule has 0 amide bonds. The third-order valence-corrected chi connectivity index (χ3v) is 3.10. The van der Waals surface area contributed by atoms with Gasteiger partial charge in [0.2, 0.25) is 0 Å². The summed E-state index contributed by atoms with van der Waals surface area (Å²) in [5.74, 6) is 7.62. The molecule has 0 aliphatic rings. The molecule has 0 aliphatic heterocycles. The number of hydrazine groups is 1. The number of fused-ring (bicyclic) bond motifs is 1. The number of imidazole rings is 1. The minimum Gasteiger partial charge on any atom is -0.342 e. The molecule has 0 bridgehead atoms. The molecule has 3 rings (SSSR count). The highest BCUT2D eigenvalue weighted by molar-refractivity contribution is 5.74. The smallest absolute Gasteiger partial charge is 0.143 e. The SMILES string of the molecule is CCc1cc(NN)nc(Cc2nc3ccccc3[nH]2)n1. The molecular formula is C14H16N6. The average molecular weight is 268 g/mol. The van der Waals surface area contributed by atoms with Crippen LogP contribution in [-0.4, -0.2) is 19.9 Å². The Morgan fingerprint density at radius 1 is 1.20 bits per heavy atom. The number of hydrogen-bond acceptors (Lipinski definition) is 5. The van der Waals surface area contributed by atoms with E-state index in [1.165, 1.54) is 0 Å². The number of hydrogen-bond donors (Lipinski definition) is 3. The number of nitrogen functional groups attached to an aromatic ring is 1. The second-order valence-corrected chi connectivity index (χ2v) is 4.54. The summed E-state index contributed by atoms with van der Waals surface area (Å²) < 4.78 is 0. The van der Waals surface area contributed by atoms with E-state index in [9.17, 15) is 0 Å². The number of nitrogens with two attached hydrogens (primary N) is 1. The lowest BCUT2D eigenvalue weighted by Gasteiger charge is -2.05. The summed E-state index contributed by atoms with van der Waals surface area (Å²) in [4.78, 5) is 16.7. The standard InChI is InChI=1S/C14H16N6/c1-2-9-7-14(20-15)19-12(16-9)8-13-17-10-5-3-4-6-11(10)18-13/h3-7H,2,8,15H2,1H3,(H,17,18)(H,16,19,20). The van der Waals surface area contributed by atoms with E-state index in [0.717, 1.165) is 29.0 Å². The van der Waals surface area contributed by atoms with Crippen molar-refractivity contribution in [3.63, 3.8) is 0 Å². The minimum absolute atomic E-state index is 0.553. The van der Waals surface area contributed by atoms with Gasteiger partial charge >= 0.3 is 0 Å². The first-order valence-corrected chi connectivity index (χ1v) is 6.55. The van der Waals surface area contributed by atoms with Crippen molar-refractivity contribution in [1.29, 1.82) is 0 Å². The van der Waals surface area contributed by atoms with E-state index >= 15 is 0 Å². The van der Waals surface area contributed by atoms with Crippen molar-refractivity contribution in [3.05, 3.63) is 47.7 Å². The van der Waals surface area contributed by atoms with Crippen molar-refractivity contribution < 1.29 is 0 Å². The van der Waals surface area contributed by atoms with Gasteiger partial charge in [-0.2, -0.15) is 0 Å². The van der Waals surface area contributed by atoms with E-state index in [4.69, 9.17) is 5.84 Å². The van der Waals surface area contributed by atoms with Gasteiger partial charge in [-0.15, -0.1) is 0 Å². The van der Waals surface area contributed by atoms with Gasteiger partial charge in [0.15, 0.2) is 0 Å².